The maximum absolute atomic E-state index is 11.0. The first kappa shape index (κ1) is 15.2. The van der Waals surface area contributed by atoms with Gasteiger partial charge in [0.05, 0.1) is 16.7 Å². The van der Waals surface area contributed by atoms with Crippen LogP contribution in [0.2, 0.25) is 0 Å². The Bertz CT molecular complexity index is 650. The molecule has 1 fully saturated rings. The molecule has 0 radical (unpaired) electrons. The Kier molecular flexibility index (Phi) is 4.54. The first-order chi connectivity index (χ1) is 10.6. The minimum absolute atomic E-state index is 0.0862. The highest BCUT2D eigenvalue weighted by atomic mass is 32.1. The van der Waals surface area contributed by atoms with Gasteiger partial charge in [-0.3, -0.25) is 9.48 Å². The van der Waals surface area contributed by atoms with E-state index in [4.69, 9.17) is 0 Å². The monoisotopic (exact) mass is 319 g/mol. The number of nitrogens with zero attached hydrogens (tertiary/aromatic N) is 4. The summed E-state index contributed by atoms with van der Waals surface area (Å²) in [6.45, 7) is 6.67. The molecule has 0 saturated carbocycles. The quantitative estimate of drug-likeness (QED) is 0.917. The highest BCUT2D eigenvalue weighted by Gasteiger charge is 2.24. The van der Waals surface area contributed by atoms with Crippen molar-refractivity contribution in [1.82, 2.24) is 19.7 Å². The number of amides is 1. The number of anilines is 1. The van der Waals surface area contributed by atoms with Crippen molar-refractivity contribution in [2.45, 2.75) is 32.7 Å². The number of carbonyl (C=O) groups excluding carboxylic acids is 1. The van der Waals surface area contributed by atoms with Crippen LogP contribution in [0.5, 0.6) is 0 Å². The van der Waals surface area contributed by atoms with Gasteiger partial charge in [-0.2, -0.15) is 5.10 Å². The van der Waals surface area contributed by atoms with Gasteiger partial charge in [-0.1, -0.05) is 0 Å². The van der Waals surface area contributed by atoms with Crippen LogP contribution >= 0.6 is 11.3 Å². The van der Waals surface area contributed by atoms with Crippen LogP contribution in [0.4, 0.5) is 5.82 Å². The van der Waals surface area contributed by atoms with Crippen LogP contribution in [0.1, 0.15) is 30.1 Å². The number of hydrogen-bond acceptors (Lipinski definition) is 5. The average Bonchev–Trinajstić information content (AvgIpc) is 3.16. The fraction of sp³-hybridized carbons (Fsp3) is 0.533. The van der Waals surface area contributed by atoms with Crippen molar-refractivity contribution < 1.29 is 4.79 Å². The minimum Gasteiger partial charge on any atom is -0.309 e. The Morgan fingerprint density at radius 2 is 2.41 bits per heavy atom. The molecule has 6 nitrogen and oxygen atoms in total. The Balaban J connectivity index is 1.51. The zero-order valence-electron chi connectivity index (χ0n) is 13.0. The summed E-state index contributed by atoms with van der Waals surface area (Å²) in [6.07, 6.45) is 4.05. The molecule has 3 rings (SSSR count). The third-order valence-electron chi connectivity index (χ3n) is 3.88. The molecule has 1 atom stereocenters. The van der Waals surface area contributed by atoms with Crippen molar-refractivity contribution >= 4 is 23.1 Å². The van der Waals surface area contributed by atoms with Gasteiger partial charge in [0.25, 0.3) is 0 Å². The van der Waals surface area contributed by atoms with E-state index in [-0.39, 0.29) is 5.91 Å². The molecule has 3 heterocycles. The molecule has 2 aromatic heterocycles. The van der Waals surface area contributed by atoms with Crippen LogP contribution in [-0.4, -0.2) is 45.2 Å². The van der Waals surface area contributed by atoms with Crippen LogP contribution in [0.25, 0.3) is 0 Å². The van der Waals surface area contributed by atoms with Crippen LogP contribution in [0.15, 0.2) is 17.6 Å². The maximum atomic E-state index is 11.0. The van der Waals surface area contributed by atoms with Crippen molar-refractivity contribution in [1.29, 1.82) is 0 Å². The second-order valence-corrected chi connectivity index (χ2v) is 6.78. The summed E-state index contributed by atoms with van der Waals surface area (Å²) in [5.74, 6) is 0.542. The number of aryl methyl sites for hydroxylation is 1. The number of rotatable bonds is 5. The molecule has 1 amide bonds. The largest absolute Gasteiger partial charge is 0.309 e. The van der Waals surface area contributed by atoms with E-state index in [1.165, 1.54) is 12.6 Å². The van der Waals surface area contributed by atoms with E-state index in [1.807, 2.05) is 23.9 Å². The molecule has 1 saturated heterocycles. The lowest BCUT2D eigenvalue weighted by Crippen LogP contribution is -2.24. The van der Waals surface area contributed by atoms with Gasteiger partial charge in [0, 0.05) is 50.6 Å². The van der Waals surface area contributed by atoms with Crippen LogP contribution < -0.4 is 5.32 Å². The van der Waals surface area contributed by atoms with Gasteiger partial charge < -0.3 is 10.2 Å². The van der Waals surface area contributed by atoms with E-state index in [0.717, 1.165) is 37.5 Å². The van der Waals surface area contributed by atoms with Gasteiger partial charge >= 0.3 is 0 Å². The molecule has 2 aromatic rings. The summed E-state index contributed by atoms with van der Waals surface area (Å²) in [5, 5.41) is 10.4. The van der Waals surface area contributed by atoms with E-state index in [2.05, 4.69) is 25.7 Å². The molecular formula is C15H21N5OS. The summed E-state index contributed by atoms with van der Waals surface area (Å²) in [7, 11) is 0. The van der Waals surface area contributed by atoms with Crippen LogP contribution in [0.3, 0.4) is 0 Å². The number of thiazole rings is 1. The topological polar surface area (TPSA) is 63.1 Å². The van der Waals surface area contributed by atoms with Gasteiger partial charge in [0.2, 0.25) is 5.91 Å². The number of likely N-dealkylation sites (tertiary alicyclic amines) is 1. The molecule has 22 heavy (non-hydrogen) atoms. The Labute approximate surface area is 134 Å². The molecular weight excluding hydrogens is 298 g/mol. The SMILES string of the molecule is CC(=O)Nc1ccn(C2CCN(CCc3csc(C)n3)C2)n1. The molecule has 1 N–H and O–H groups in total. The second kappa shape index (κ2) is 6.58. The normalized spacial score (nSPS) is 18.7. The van der Waals surface area contributed by atoms with E-state index in [9.17, 15) is 4.79 Å². The van der Waals surface area contributed by atoms with Crippen LogP contribution in [0, 0.1) is 6.92 Å². The Morgan fingerprint density at radius 3 is 3.14 bits per heavy atom. The first-order valence-corrected chi connectivity index (χ1v) is 8.44. The summed E-state index contributed by atoms with van der Waals surface area (Å²) in [6, 6.07) is 2.24. The molecule has 0 aromatic carbocycles. The van der Waals surface area contributed by atoms with Crippen molar-refractivity contribution in [2.24, 2.45) is 0 Å². The molecule has 0 bridgehead atoms. The fourth-order valence-electron chi connectivity index (χ4n) is 2.82. The van der Waals surface area contributed by atoms with Gasteiger partial charge in [0.1, 0.15) is 0 Å². The number of carbonyl (C=O) groups is 1. The fourth-order valence-corrected chi connectivity index (χ4v) is 3.46. The molecule has 1 unspecified atom stereocenters. The number of aromatic nitrogens is 3. The minimum atomic E-state index is -0.0862. The molecule has 0 spiro atoms. The van der Waals surface area contributed by atoms with Crippen molar-refractivity contribution in [3.8, 4) is 0 Å². The predicted octanol–water partition coefficient (Wildman–Crippen LogP) is 2.10. The molecule has 1 aliphatic heterocycles. The zero-order chi connectivity index (χ0) is 15.5. The zero-order valence-corrected chi connectivity index (χ0v) is 13.8. The first-order valence-electron chi connectivity index (χ1n) is 7.56. The highest BCUT2D eigenvalue weighted by molar-refractivity contribution is 7.09. The van der Waals surface area contributed by atoms with Crippen molar-refractivity contribution in [3.63, 3.8) is 0 Å². The third kappa shape index (κ3) is 3.72. The van der Waals surface area contributed by atoms with Gasteiger partial charge in [-0.25, -0.2) is 4.98 Å². The Morgan fingerprint density at radius 1 is 1.55 bits per heavy atom. The van der Waals surface area contributed by atoms with Crippen molar-refractivity contribution in [3.05, 3.63) is 28.3 Å². The Hall–Kier alpha value is -1.73. The third-order valence-corrected chi connectivity index (χ3v) is 4.71. The average molecular weight is 319 g/mol. The van der Waals surface area contributed by atoms with Gasteiger partial charge in [-0.05, 0) is 13.3 Å². The summed E-state index contributed by atoms with van der Waals surface area (Å²) >= 11 is 1.71. The van der Waals surface area contributed by atoms with E-state index in [1.54, 1.807) is 11.3 Å². The lowest BCUT2D eigenvalue weighted by molar-refractivity contribution is -0.114. The molecule has 0 aliphatic carbocycles. The van der Waals surface area contributed by atoms with Crippen LogP contribution in [-0.2, 0) is 11.2 Å². The lowest BCUT2D eigenvalue weighted by Gasteiger charge is -2.15. The number of hydrogen-bond donors (Lipinski definition) is 1. The van der Waals surface area contributed by atoms with E-state index in [0.29, 0.717) is 11.9 Å². The predicted molar refractivity (Wildman–Crippen MR) is 87.2 cm³/mol. The maximum Gasteiger partial charge on any atom is 0.222 e. The van der Waals surface area contributed by atoms with E-state index < -0.39 is 0 Å². The van der Waals surface area contributed by atoms with Crippen molar-refractivity contribution in [2.75, 3.05) is 25.0 Å². The standard InChI is InChI=1S/C15H21N5OS/c1-11(21)16-15-5-8-20(18-15)14-4-7-19(9-14)6-3-13-10-22-12(2)17-13/h5,8,10,14H,3-4,6-7,9H2,1-2H3,(H,16,18,21). The summed E-state index contributed by atoms with van der Waals surface area (Å²) in [4.78, 5) is 18.0. The summed E-state index contributed by atoms with van der Waals surface area (Å²) < 4.78 is 1.97. The second-order valence-electron chi connectivity index (χ2n) is 5.71. The highest BCUT2D eigenvalue weighted by Crippen LogP contribution is 2.22. The number of nitrogens with one attached hydrogen (secondary N) is 1. The lowest BCUT2D eigenvalue weighted by atomic mass is 10.3. The van der Waals surface area contributed by atoms with E-state index >= 15 is 0 Å². The van der Waals surface area contributed by atoms with Gasteiger partial charge in [0.15, 0.2) is 5.82 Å². The van der Waals surface area contributed by atoms with Gasteiger partial charge in [-0.15, -0.1) is 11.3 Å². The molecule has 118 valence electrons. The smallest absolute Gasteiger partial charge is 0.222 e. The molecule has 7 heteroatoms. The molecule has 1 aliphatic rings. The summed E-state index contributed by atoms with van der Waals surface area (Å²) in [5.41, 5.74) is 1.19.